The van der Waals surface area contributed by atoms with Crippen molar-refractivity contribution >= 4 is 11.5 Å². The number of carbonyl (C=O) groups excluding carboxylic acids is 1. The van der Waals surface area contributed by atoms with E-state index in [4.69, 9.17) is 0 Å². The van der Waals surface area contributed by atoms with E-state index < -0.39 is 5.60 Å². The fraction of sp³-hybridized carbons (Fsp3) is 0.621. The summed E-state index contributed by atoms with van der Waals surface area (Å²) in [6, 6.07) is 8.98. The molecule has 0 unspecified atom stereocenters. The van der Waals surface area contributed by atoms with Gasteiger partial charge in [-0.15, -0.1) is 0 Å². The van der Waals surface area contributed by atoms with Crippen molar-refractivity contribution in [1.29, 1.82) is 0 Å². The van der Waals surface area contributed by atoms with Gasteiger partial charge < -0.3 is 15.1 Å². The van der Waals surface area contributed by atoms with Gasteiger partial charge in [0, 0.05) is 44.1 Å². The van der Waals surface area contributed by atoms with E-state index in [0.717, 1.165) is 38.5 Å². The minimum absolute atomic E-state index is 0.138. The molecule has 2 N–H and O–H groups in total. The molecule has 0 saturated heterocycles. The van der Waals surface area contributed by atoms with Crippen LogP contribution in [0.4, 0.5) is 5.69 Å². The molecule has 4 aliphatic carbocycles. The summed E-state index contributed by atoms with van der Waals surface area (Å²) in [7, 11) is 4.14. The van der Waals surface area contributed by atoms with Crippen molar-refractivity contribution in [3.8, 4) is 0 Å². The van der Waals surface area contributed by atoms with E-state index >= 15 is 0 Å². The van der Waals surface area contributed by atoms with Crippen LogP contribution in [0.2, 0.25) is 0 Å². The molecule has 178 valence electrons. The van der Waals surface area contributed by atoms with Gasteiger partial charge in [0.05, 0.1) is 5.60 Å². The van der Waals surface area contributed by atoms with Gasteiger partial charge in [-0.05, 0) is 98.1 Å². The zero-order chi connectivity index (χ0) is 23.4. The Labute approximate surface area is 198 Å². The van der Waals surface area contributed by atoms with Crippen LogP contribution in [0.5, 0.6) is 0 Å². The number of allylic oxidation sites excluding steroid dienone is 4. The summed E-state index contributed by atoms with van der Waals surface area (Å²) in [5.74, 6) is 1.50. The van der Waals surface area contributed by atoms with Crippen molar-refractivity contribution in [2.75, 3.05) is 25.6 Å². The maximum Gasteiger partial charge on any atom is 0.156 e. The van der Waals surface area contributed by atoms with Crippen LogP contribution in [0.1, 0.15) is 76.2 Å². The summed E-state index contributed by atoms with van der Waals surface area (Å²) in [5, 5.41) is 21.4. The monoisotopic (exact) mass is 449 g/mol. The zero-order valence-corrected chi connectivity index (χ0v) is 20.4. The normalized spacial score (nSPS) is 35.6. The van der Waals surface area contributed by atoms with Gasteiger partial charge in [0.2, 0.25) is 0 Å². The number of hydrogen-bond acceptors (Lipinski definition) is 4. The summed E-state index contributed by atoms with van der Waals surface area (Å²) >= 11 is 0. The van der Waals surface area contributed by atoms with E-state index in [9.17, 15) is 15.0 Å². The number of fused-ring (bicyclic) bond motifs is 4. The number of ketones is 1. The molecule has 33 heavy (non-hydrogen) atoms. The molecule has 1 aromatic carbocycles. The largest absolute Gasteiger partial charge is 0.396 e. The molecule has 0 radical (unpaired) electrons. The first-order valence-electron chi connectivity index (χ1n) is 12.8. The smallest absolute Gasteiger partial charge is 0.156 e. The summed E-state index contributed by atoms with van der Waals surface area (Å²) < 4.78 is 0. The molecule has 5 atom stereocenters. The lowest BCUT2D eigenvalue weighted by Crippen LogP contribution is -2.51. The van der Waals surface area contributed by atoms with Gasteiger partial charge >= 0.3 is 0 Å². The summed E-state index contributed by atoms with van der Waals surface area (Å²) in [6.07, 6.45) is 9.68. The highest BCUT2D eigenvalue weighted by molar-refractivity contribution is 5.93. The van der Waals surface area contributed by atoms with Crippen molar-refractivity contribution in [1.82, 2.24) is 0 Å². The number of nitrogens with zero attached hydrogens (tertiary/aromatic N) is 1. The van der Waals surface area contributed by atoms with E-state index in [0.29, 0.717) is 31.1 Å². The molecule has 5 rings (SSSR count). The number of rotatable bonds is 5. The molecule has 4 nitrogen and oxygen atoms in total. The fourth-order valence-electron chi connectivity index (χ4n) is 7.84. The van der Waals surface area contributed by atoms with E-state index in [2.05, 4.69) is 50.2 Å². The van der Waals surface area contributed by atoms with Gasteiger partial charge in [0.15, 0.2) is 5.78 Å². The van der Waals surface area contributed by atoms with Crippen LogP contribution < -0.4 is 4.90 Å². The molecule has 1 aromatic rings. The van der Waals surface area contributed by atoms with E-state index in [1.54, 1.807) is 5.57 Å². The minimum atomic E-state index is -0.711. The van der Waals surface area contributed by atoms with Crippen molar-refractivity contribution < 1.29 is 15.0 Å². The molecule has 0 bridgehead atoms. The number of aliphatic hydroxyl groups is 2. The molecular weight excluding hydrogens is 410 g/mol. The number of benzene rings is 1. The average Bonchev–Trinajstić information content (AvgIpc) is 3.07. The van der Waals surface area contributed by atoms with Crippen LogP contribution in [0.15, 0.2) is 47.1 Å². The minimum Gasteiger partial charge on any atom is -0.396 e. The Bertz CT molecular complexity index is 991. The first kappa shape index (κ1) is 22.9. The van der Waals surface area contributed by atoms with Crippen LogP contribution in [0, 0.1) is 17.3 Å². The van der Waals surface area contributed by atoms with Crippen molar-refractivity contribution in [3.63, 3.8) is 0 Å². The second-order valence-electron chi connectivity index (χ2n) is 11.4. The summed E-state index contributed by atoms with van der Waals surface area (Å²) in [5.41, 5.74) is 5.98. The Balaban J connectivity index is 1.62. The van der Waals surface area contributed by atoms with Crippen LogP contribution >= 0.6 is 0 Å². The van der Waals surface area contributed by atoms with Gasteiger partial charge in [-0.2, -0.15) is 0 Å². The lowest BCUT2D eigenvalue weighted by Gasteiger charge is -2.55. The van der Waals surface area contributed by atoms with Gasteiger partial charge in [0.25, 0.3) is 0 Å². The molecule has 2 fully saturated rings. The highest BCUT2D eigenvalue weighted by Crippen LogP contribution is 2.67. The molecular formula is C29H39NO3. The Hall–Kier alpha value is -1.91. The third kappa shape index (κ3) is 3.61. The summed E-state index contributed by atoms with van der Waals surface area (Å²) in [4.78, 5) is 14.3. The maximum absolute atomic E-state index is 12.2. The first-order chi connectivity index (χ1) is 15.8. The first-order valence-corrected chi connectivity index (χ1v) is 12.8. The Morgan fingerprint density at radius 3 is 2.55 bits per heavy atom. The zero-order valence-electron chi connectivity index (χ0n) is 20.4. The average molecular weight is 450 g/mol. The highest BCUT2D eigenvalue weighted by atomic mass is 16.3. The summed E-state index contributed by atoms with van der Waals surface area (Å²) in [6.45, 7) is 2.47. The topological polar surface area (TPSA) is 60.8 Å². The van der Waals surface area contributed by atoms with Gasteiger partial charge in [-0.1, -0.05) is 24.6 Å². The fourth-order valence-corrected chi connectivity index (χ4v) is 7.84. The van der Waals surface area contributed by atoms with E-state index in [-0.39, 0.29) is 23.7 Å². The van der Waals surface area contributed by atoms with Crippen LogP contribution in [-0.4, -0.2) is 42.3 Å². The Morgan fingerprint density at radius 2 is 1.85 bits per heavy atom. The third-order valence-corrected chi connectivity index (χ3v) is 9.62. The van der Waals surface area contributed by atoms with E-state index in [1.807, 2.05) is 6.08 Å². The predicted octanol–water partition coefficient (Wildman–Crippen LogP) is 5.16. The highest BCUT2D eigenvalue weighted by Gasteiger charge is 2.62. The number of aliphatic hydroxyl groups excluding tert-OH is 1. The number of carbonyl (C=O) groups is 1. The predicted molar refractivity (Wildman–Crippen MR) is 132 cm³/mol. The number of hydrogen-bond donors (Lipinski definition) is 2. The standard InChI is InChI=1S/C29H39NO3/c1-28-18-25(19-5-8-21(9-6-19)30(2)3)27-23-12-10-22(32)17-20(23)7-11-24(27)26(28)13-15-29(28,33)14-4-16-31/h5-6,8-9,17,24-26,31,33H,4,7,10-16,18H2,1-3H3/t24-,25+,26-,28-,29-/m0/s1. The number of anilines is 1. The Morgan fingerprint density at radius 1 is 1.09 bits per heavy atom. The second kappa shape index (κ2) is 8.39. The molecule has 0 amide bonds. The second-order valence-corrected chi connectivity index (χ2v) is 11.4. The molecule has 2 saturated carbocycles. The molecule has 0 spiro atoms. The van der Waals surface area contributed by atoms with Crippen molar-refractivity contribution in [3.05, 3.63) is 52.6 Å². The van der Waals surface area contributed by atoms with Crippen LogP contribution in [0.3, 0.4) is 0 Å². The lowest BCUT2D eigenvalue weighted by atomic mass is 9.51. The molecule has 0 aromatic heterocycles. The molecule has 4 heteroatoms. The quantitative estimate of drug-likeness (QED) is 0.652. The molecule has 0 aliphatic heterocycles. The van der Waals surface area contributed by atoms with Gasteiger partial charge in [-0.3, -0.25) is 4.79 Å². The van der Waals surface area contributed by atoms with E-state index in [1.165, 1.54) is 22.4 Å². The lowest BCUT2D eigenvalue weighted by molar-refractivity contribution is -0.114. The van der Waals surface area contributed by atoms with Crippen LogP contribution in [-0.2, 0) is 4.79 Å². The third-order valence-electron chi connectivity index (χ3n) is 9.62. The maximum atomic E-state index is 12.2. The van der Waals surface area contributed by atoms with Crippen molar-refractivity contribution in [2.24, 2.45) is 17.3 Å². The molecule has 4 aliphatic rings. The Kier molecular flexibility index (Phi) is 5.81. The molecule has 0 heterocycles. The van der Waals surface area contributed by atoms with Gasteiger partial charge in [-0.25, -0.2) is 0 Å². The SMILES string of the molecule is CN(C)c1ccc([C@H]2C[C@@]3(C)[C@@H](CC[C@@]3(O)CCCO)[C@@H]3CCC4=CC(=O)CCC4=C32)cc1. The van der Waals surface area contributed by atoms with Crippen molar-refractivity contribution in [2.45, 2.75) is 76.2 Å². The van der Waals surface area contributed by atoms with Gasteiger partial charge in [0.1, 0.15) is 0 Å². The van der Waals surface area contributed by atoms with Crippen LogP contribution in [0.25, 0.3) is 0 Å².